The Morgan fingerprint density at radius 3 is 2.54 bits per heavy atom. The molecule has 26 heavy (non-hydrogen) atoms. The first-order valence-electron chi connectivity index (χ1n) is 8.91. The van der Waals surface area contributed by atoms with Crippen molar-refractivity contribution in [2.45, 2.75) is 37.5 Å². The topological polar surface area (TPSA) is 51.2 Å². The molecule has 0 aliphatic heterocycles. The normalized spacial score (nSPS) is 15.9. The highest BCUT2D eigenvalue weighted by molar-refractivity contribution is 6.30. The number of rotatable bonds is 6. The SMILES string of the molecule is C=CCOc1ccc(NC(=O)C2(c3ccc(Cl)cc3)CCCCC2)cn1. The molecule has 3 rings (SSSR count). The van der Waals surface area contributed by atoms with Crippen LogP contribution in [0.25, 0.3) is 0 Å². The molecule has 1 heterocycles. The van der Waals surface area contributed by atoms with Crippen molar-refractivity contribution in [1.82, 2.24) is 4.98 Å². The van der Waals surface area contributed by atoms with Gasteiger partial charge in [0.05, 0.1) is 17.3 Å². The van der Waals surface area contributed by atoms with E-state index in [0.29, 0.717) is 23.2 Å². The summed E-state index contributed by atoms with van der Waals surface area (Å²) < 4.78 is 5.38. The van der Waals surface area contributed by atoms with Crippen LogP contribution in [0.1, 0.15) is 37.7 Å². The van der Waals surface area contributed by atoms with E-state index in [-0.39, 0.29) is 5.91 Å². The zero-order valence-corrected chi connectivity index (χ0v) is 15.5. The van der Waals surface area contributed by atoms with Crippen molar-refractivity contribution in [3.8, 4) is 5.88 Å². The van der Waals surface area contributed by atoms with E-state index < -0.39 is 5.41 Å². The number of carbonyl (C=O) groups is 1. The van der Waals surface area contributed by atoms with Crippen LogP contribution in [-0.4, -0.2) is 17.5 Å². The third-order valence-corrected chi connectivity index (χ3v) is 5.13. The van der Waals surface area contributed by atoms with Gasteiger partial charge in [-0.1, -0.05) is 55.7 Å². The second kappa shape index (κ2) is 8.37. The minimum Gasteiger partial charge on any atom is -0.473 e. The van der Waals surface area contributed by atoms with Gasteiger partial charge in [0.15, 0.2) is 0 Å². The molecule has 4 nitrogen and oxygen atoms in total. The predicted molar refractivity (Wildman–Crippen MR) is 105 cm³/mol. The summed E-state index contributed by atoms with van der Waals surface area (Å²) in [6, 6.07) is 11.2. The second-order valence-electron chi connectivity index (χ2n) is 6.59. The van der Waals surface area contributed by atoms with Crippen molar-refractivity contribution in [3.05, 3.63) is 65.8 Å². The third kappa shape index (κ3) is 4.07. The molecule has 2 aromatic rings. The number of ether oxygens (including phenoxy) is 1. The van der Waals surface area contributed by atoms with Crippen LogP contribution in [0, 0.1) is 0 Å². The van der Waals surface area contributed by atoms with Gasteiger partial charge in [-0.3, -0.25) is 4.79 Å². The number of benzene rings is 1. The molecule has 0 atom stereocenters. The molecule has 5 heteroatoms. The molecule has 1 amide bonds. The highest BCUT2D eigenvalue weighted by atomic mass is 35.5. The number of nitrogens with one attached hydrogen (secondary N) is 1. The van der Waals surface area contributed by atoms with Crippen molar-refractivity contribution in [2.75, 3.05) is 11.9 Å². The molecule has 136 valence electrons. The van der Waals surface area contributed by atoms with Crippen LogP contribution in [0.3, 0.4) is 0 Å². The van der Waals surface area contributed by atoms with Gasteiger partial charge in [-0.15, -0.1) is 0 Å². The standard InChI is InChI=1S/C21H23ClN2O2/c1-2-14-26-19-11-10-18(15-23-19)24-20(25)21(12-4-3-5-13-21)16-6-8-17(22)9-7-16/h2,6-11,15H,1,3-5,12-14H2,(H,24,25). The lowest BCUT2D eigenvalue weighted by molar-refractivity contribution is -0.122. The van der Waals surface area contributed by atoms with Crippen molar-refractivity contribution < 1.29 is 9.53 Å². The number of aromatic nitrogens is 1. The predicted octanol–water partition coefficient (Wildman–Crippen LogP) is 5.14. The van der Waals surface area contributed by atoms with Crippen LogP contribution in [0.5, 0.6) is 5.88 Å². The number of anilines is 1. The van der Waals surface area contributed by atoms with Crippen molar-refractivity contribution in [2.24, 2.45) is 0 Å². The molecule has 1 aromatic heterocycles. The summed E-state index contributed by atoms with van der Waals surface area (Å²) in [4.78, 5) is 17.4. The lowest BCUT2D eigenvalue weighted by Gasteiger charge is -2.36. The summed E-state index contributed by atoms with van der Waals surface area (Å²) in [6.07, 6.45) is 8.22. The highest BCUT2D eigenvalue weighted by Crippen LogP contribution is 2.40. The lowest BCUT2D eigenvalue weighted by atomic mass is 9.68. The molecular formula is C21H23ClN2O2. The Labute approximate surface area is 159 Å². The van der Waals surface area contributed by atoms with E-state index >= 15 is 0 Å². The maximum atomic E-state index is 13.2. The molecule has 1 N–H and O–H groups in total. The van der Waals surface area contributed by atoms with Crippen molar-refractivity contribution in [1.29, 1.82) is 0 Å². The number of nitrogens with zero attached hydrogens (tertiary/aromatic N) is 1. The summed E-state index contributed by atoms with van der Waals surface area (Å²) in [7, 11) is 0. The first-order valence-corrected chi connectivity index (χ1v) is 9.29. The zero-order chi connectivity index (χ0) is 18.4. The van der Waals surface area contributed by atoms with E-state index in [1.807, 2.05) is 30.3 Å². The monoisotopic (exact) mass is 370 g/mol. The highest BCUT2D eigenvalue weighted by Gasteiger charge is 2.41. The quantitative estimate of drug-likeness (QED) is 0.716. The van der Waals surface area contributed by atoms with Crippen LogP contribution in [0.15, 0.2) is 55.3 Å². The van der Waals surface area contributed by atoms with Crippen LogP contribution in [0.4, 0.5) is 5.69 Å². The molecule has 0 spiro atoms. The summed E-state index contributed by atoms with van der Waals surface area (Å²) in [6.45, 7) is 4.01. The Morgan fingerprint density at radius 1 is 1.19 bits per heavy atom. The second-order valence-corrected chi connectivity index (χ2v) is 7.03. The molecule has 0 saturated heterocycles. The zero-order valence-electron chi connectivity index (χ0n) is 14.7. The van der Waals surface area contributed by atoms with E-state index in [2.05, 4.69) is 16.9 Å². The first kappa shape index (κ1) is 18.5. The maximum absolute atomic E-state index is 13.2. The van der Waals surface area contributed by atoms with Gasteiger partial charge >= 0.3 is 0 Å². The molecule has 0 radical (unpaired) electrons. The largest absolute Gasteiger partial charge is 0.473 e. The van der Waals surface area contributed by atoms with E-state index in [1.54, 1.807) is 18.3 Å². The van der Waals surface area contributed by atoms with E-state index in [4.69, 9.17) is 16.3 Å². The van der Waals surface area contributed by atoms with Crippen molar-refractivity contribution in [3.63, 3.8) is 0 Å². The van der Waals surface area contributed by atoms with Gasteiger partial charge in [0, 0.05) is 11.1 Å². The number of carbonyl (C=O) groups excluding carboxylic acids is 1. The fraction of sp³-hybridized carbons (Fsp3) is 0.333. The molecule has 1 saturated carbocycles. The summed E-state index contributed by atoms with van der Waals surface area (Å²) in [5.41, 5.74) is 1.18. The van der Waals surface area contributed by atoms with Crippen molar-refractivity contribution >= 4 is 23.2 Å². The average molecular weight is 371 g/mol. The van der Waals surface area contributed by atoms with E-state index in [1.165, 1.54) is 6.42 Å². The van der Waals surface area contributed by atoms with Gasteiger partial charge < -0.3 is 10.1 Å². The Hall–Kier alpha value is -2.33. The Balaban J connectivity index is 1.79. The summed E-state index contributed by atoms with van der Waals surface area (Å²) in [5, 5.41) is 3.72. The third-order valence-electron chi connectivity index (χ3n) is 4.88. The number of pyridine rings is 1. The maximum Gasteiger partial charge on any atom is 0.235 e. The number of amides is 1. The Morgan fingerprint density at radius 2 is 1.92 bits per heavy atom. The summed E-state index contributed by atoms with van der Waals surface area (Å²) >= 11 is 6.03. The van der Waals surface area contributed by atoms with Crippen LogP contribution in [0.2, 0.25) is 5.02 Å². The lowest BCUT2D eigenvalue weighted by Crippen LogP contribution is -2.42. The fourth-order valence-electron chi connectivity index (χ4n) is 3.51. The summed E-state index contributed by atoms with van der Waals surface area (Å²) in [5.74, 6) is 0.522. The molecule has 1 aromatic carbocycles. The molecular weight excluding hydrogens is 348 g/mol. The van der Waals surface area contributed by atoms with Gasteiger partial charge in [-0.25, -0.2) is 4.98 Å². The molecule has 1 fully saturated rings. The van der Waals surface area contributed by atoms with Crippen LogP contribution in [-0.2, 0) is 10.2 Å². The minimum absolute atomic E-state index is 0.0149. The first-order chi connectivity index (χ1) is 12.6. The Bertz CT molecular complexity index is 751. The van der Waals surface area contributed by atoms with Crippen LogP contribution < -0.4 is 10.1 Å². The number of hydrogen-bond acceptors (Lipinski definition) is 3. The van der Waals surface area contributed by atoms with Gasteiger partial charge in [0.1, 0.15) is 6.61 Å². The smallest absolute Gasteiger partial charge is 0.235 e. The number of hydrogen-bond donors (Lipinski definition) is 1. The average Bonchev–Trinajstić information content (AvgIpc) is 2.68. The Kier molecular flexibility index (Phi) is 5.94. The van der Waals surface area contributed by atoms with Crippen LogP contribution >= 0.6 is 11.6 Å². The van der Waals surface area contributed by atoms with Gasteiger partial charge in [-0.05, 0) is 36.6 Å². The van der Waals surface area contributed by atoms with Gasteiger partial charge in [0.2, 0.25) is 11.8 Å². The molecule has 0 bridgehead atoms. The molecule has 0 unspecified atom stereocenters. The number of halogens is 1. The van der Waals surface area contributed by atoms with Gasteiger partial charge in [-0.2, -0.15) is 0 Å². The van der Waals surface area contributed by atoms with E-state index in [0.717, 1.165) is 31.2 Å². The van der Waals surface area contributed by atoms with E-state index in [9.17, 15) is 4.79 Å². The molecule has 1 aliphatic rings. The molecule has 1 aliphatic carbocycles. The minimum atomic E-state index is -0.513. The van der Waals surface area contributed by atoms with Gasteiger partial charge in [0.25, 0.3) is 0 Å². The fourth-order valence-corrected chi connectivity index (χ4v) is 3.63.